The second-order valence-electron chi connectivity index (χ2n) is 6.64. The van der Waals surface area contributed by atoms with Crippen molar-refractivity contribution in [3.05, 3.63) is 58.6 Å². The van der Waals surface area contributed by atoms with Crippen LogP contribution in [0.2, 0.25) is 5.02 Å². The Bertz CT molecular complexity index is 1050. The van der Waals surface area contributed by atoms with Crippen molar-refractivity contribution in [2.24, 2.45) is 0 Å². The fourth-order valence-corrected chi connectivity index (χ4v) is 4.20. The number of rotatable bonds is 4. The Labute approximate surface area is 175 Å². The highest BCUT2D eigenvalue weighted by atomic mass is 35.5. The lowest BCUT2D eigenvalue weighted by Crippen LogP contribution is -2.35. The number of nitriles is 1. The number of benzene rings is 2. The minimum Gasteiger partial charge on any atom is -0.370 e. The van der Waals surface area contributed by atoms with Crippen molar-refractivity contribution in [1.29, 1.82) is 5.26 Å². The Kier molecular flexibility index (Phi) is 6.42. The molecule has 29 heavy (non-hydrogen) atoms. The topological polar surface area (TPSA) is 93.5 Å². The van der Waals surface area contributed by atoms with Gasteiger partial charge in [0.1, 0.15) is 0 Å². The molecule has 0 unspecified atom stereocenters. The smallest absolute Gasteiger partial charge is 0.255 e. The first-order valence-corrected chi connectivity index (χ1v) is 11.0. The van der Waals surface area contributed by atoms with E-state index in [-0.39, 0.29) is 21.4 Å². The third-order valence-electron chi connectivity index (χ3n) is 4.89. The van der Waals surface area contributed by atoms with Gasteiger partial charge in [0.05, 0.1) is 27.1 Å². The monoisotopic (exact) mass is 432 g/mol. The largest absolute Gasteiger partial charge is 0.370 e. The number of hydrogen-bond acceptors (Lipinski definition) is 5. The standard InChI is InChI=1S/C20H21ClN4O3S/c1-23-29(27,28)17-7-8-19(21)18(13-17)20(26)25-10-2-9-24(11-12-25)16-5-3-15(14-22)4-6-16/h3-8,13,23H,2,9-12H2,1H3. The Morgan fingerprint density at radius 1 is 1.10 bits per heavy atom. The van der Waals surface area contributed by atoms with Gasteiger partial charge in [0.2, 0.25) is 10.0 Å². The molecule has 1 amide bonds. The van der Waals surface area contributed by atoms with Crippen LogP contribution in [0, 0.1) is 11.3 Å². The van der Waals surface area contributed by atoms with Gasteiger partial charge < -0.3 is 9.80 Å². The number of nitrogens with zero attached hydrogens (tertiary/aromatic N) is 3. The first kappa shape index (κ1) is 21.1. The highest BCUT2D eigenvalue weighted by Gasteiger charge is 2.24. The fourth-order valence-electron chi connectivity index (χ4n) is 3.25. The molecule has 2 aromatic rings. The third-order valence-corrected chi connectivity index (χ3v) is 6.63. The quantitative estimate of drug-likeness (QED) is 0.801. The summed E-state index contributed by atoms with van der Waals surface area (Å²) in [6.07, 6.45) is 0.762. The van der Waals surface area contributed by atoms with Crippen LogP contribution in [0.15, 0.2) is 47.4 Å². The number of hydrogen-bond donors (Lipinski definition) is 1. The molecule has 7 nitrogen and oxygen atoms in total. The van der Waals surface area contributed by atoms with Crippen LogP contribution < -0.4 is 9.62 Å². The highest BCUT2D eigenvalue weighted by Crippen LogP contribution is 2.23. The average Bonchev–Trinajstić information content (AvgIpc) is 3.00. The minimum atomic E-state index is -3.67. The van der Waals surface area contributed by atoms with Gasteiger partial charge in [0, 0.05) is 31.9 Å². The number of anilines is 1. The summed E-state index contributed by atoms with van der Waals surface area (Å²) < 4.78 is 26.4. The molecule has 0 atom stereocenters. The van der Waals surface area contributed by atoms with Crippen LogP contribution in [0.25, 0.3) is 0 Å². The highest BCUT2D eigenvalue weighted by molar-refractivity contribution is 7.89. The molecule has 152 valence electrons. The van der Waals surface area contributed by atoms with E-state index >= 15 is 0 Å². The third kappa shape index (κ3) is 4.70. The van der Waals surface area contributed by atoms with Crippen molar-refractivity contribution in [3.8, 4) is 6.07 Å². The van der Waals surface area contributed by atoms with Crippen molar-refractivity contribution < 1.29 is 13.2 Å². The van der Waals surface area contributed by atoms with E-state index in [0.29, 0.717) is 25.2 Å². The van der Waals surface area contributed by atoms with Crippen molar-refractivity contribution in [2.45, 2.75) is 11.3 Å². The molecular weight excluding hydrogens is 412 g/mol. The van der Waals surface area contributed by atoms with Gasteiger partial charge in [-0.1, -0.05) is 11.6 Å². The van der Waals surface area contributed by atoms with Gasteiger partial charge >= 0.3 is 0 Å². The van der Waals surface area contributed by atoms with Crippen LogP contribution in [0.4, 0.5) is 5.69 Å². The normalized spacial score (nSPS) is 14.9. The van der Waals surface area contributed by atoms with Gasteiger partial charge in [0.15, 0.2) is 0 Å². The maximum atomic E-state index is 13.0. The molecule has 1 fully saturated rings. The van der Waals surface area contributed by atoms with Gasteiger partial charge in [-0.3, -0.25) is 4.79 Å². The second kappa shape index (κ2) is 8.82. The van der Waals surface area contributed by atoms with Crippen LogP contribution in [0.1, 0.15) is 22.3 Å². The maximum Gasteiger partial charge on any atom is 0.255 e. The van der Waals surface area contributed by atoms with Gasteiger partial charge in [0.25, 0.3) is 5.91 Å². The number of halogens is 1. The average molecular weight is 433 g/mol. The van der Waals surface area contributed by atoms with Crippen LogP contribution in [-0.4, -0.2) is 52.5 Å². The molecule has 0 bridgehead atoms. The van der Waals surface area contributed by atoms with Crippen molar-refractivity contribution in [3.63, 3.8) is 0 Å². The molecule has 2 aromatic carbocycles. The Morgan fingerprint density at radius 2 is 1.83 bits per heavy atom. The zero-order valence-corrected chi connectivity index (χ0v) is 17.5. The summed E-state index contributed by atoms with van der Waals surface area (Å²) in [6.45, 7) is 2.43. The lowest BCUT2D eigenvalue weighted by atomic mass is 10.2. The molecule has 0 radical (unpaired) electrons. The lowest BCUT2D eigenvalue weighted by Gasteiger charge is -2.24. The van der Waals surface area contributed by atoms with Gasteiger partial charge in [-0.2, -0.15) is 5.26 Å². The zero-order chi connectivity index (χ0) is 21.0. The van der Waals surface area contributed by atoms with Crippen LogP contribution in [-0.2, 0) is 10.0 Å². The molecule has 1 N–H and O–H groups in total. The van der Waals surface area contributed by atoms with E-state index in [9.17, 15) is 13.2 Å². The van der Waals surface area contributed by atoms with Gasteiger partial charge in [-0.25, -0.2) is 13.1 Å². The summed E-state index contributed by atoms with van der Waals surface area (Å²) >= 11 is 6.20. The summed E-state index contributed by atoms with van der Waals surface area (Å²) in [4.78, 5) is 16.9. The summed E-state index contributed by atoms with van der Waals surface area (Å²) in [7, 11) is -2.35. The van der Waals surface area contributed by atoms with E-state index in [1.807, 2.05) is 12.1 Å². The molecule has 1 heterocycles. The minimum absolute atomic E-state index is 0.00165. The zero-order valence-electron chi connectivity index (χ0n) is 15.9. The summed E-state index contributed by atoms with van der Waals surface area (Å²) in [6, 6.07) is 13.6. The van der Waals surface area contributed by atoms with E-state index in [1.165, 1.54) is 25.2 Å². The van der Waals surface area contributed by atoms with E-state index < -0.39 is 10.0 Å². The SMILES string of the molecule is CNS(=O)(=O)c1ccc(Cl)c(C(=O)N2CCCN(c3ccc(C#N)cc3)CC2)c1. The first-order chi connectivity index (χ1) is 13.9. The number of carbonyl (C=O) groups excluding carboxylic acids is 1. The molecule has 0 saturated carbocycles. The lowest BCUT2D eigenvalue weighted by molar-refractivity contribution is 0.0767. The molecule has 9 heteroatoms. The van der Waals surface area contributed by atoms with Crippen LogP contribution in [0.5, 0.6) is 0 Å². The summed E-state index contributed by atoms with van der Waals surface area (Å²) in [5, 5.41) is 9.16. The van der Waals surface area contributed by atoms with Crippen LogP contribution in [0.3, 0.4) is 0 Å². The molecule has 1 aliphatic heterocycles. The van der Waals surface area contributed by atoms with Gasteiger partial charge in [-0.15, -0.1) is 0 Å². The Hall–Kier alpha value is -2.60. The van der Waals surface area contributed by atoms with Gasteiger partial charge in [-0.05, 0) is 55.9 Å². The van der Waals surface area contributed by atoms with E-state index in [2.05, 4.69) is 15.7 Å². The molecule has 1 saturated heterocycles. The van der Waals surface area contributed by atoms with E-state index in [1.54, 1.807) is 17.0 Å². The molecule has 0 aromatic heterocycles. The summed E-state index contributed by atoms with van der Waals surface area (Å²) in [5.74, 6) is -0.287. The van der Waals surface area contributed by atoms with E-state index in [0.717, 1.165) is 18.7 Å². The molecule has 0 aliphatic carbocycles. The Morgan fingerprint density at radius 3 is 2.48 bits per heavy atom. The predicted octanol–water partition coefficient (Wildman–Crippen LogP) is 2.47. The molecule has 0 spiro atoms. The predicted molar refractivity (Wildman–Crippen MR) is 112 cm³/mol. The van der Waals surface area contributed by atoms with Crippen molar-refractivity contribution in [2.75, 3.05) is 38.1 Å². The second-order valence-corrected chi connectivity index (χ2v) is 8.93. The molecule has 1 aliphatic rings. The summed E-state index contributed by atoms with van der Waals surface area (Å²) in [5.41, 5.74) is 1.78. The van der Waals surface area contributed by atoms with E-state index in [4.69, 9.17) is 16.9 Å². The fraction of sp³-hybridized carbons (Fsp3) is 0.300. The van der Waals surface area contributed by atoms with Crippen molar-refractivity contribution in [1.82, 2.24) is 9.62 Å². The maximum absolute atomic E-state index is 13.0. The molecule has 3 rings (SSSR count). The van der Waals surface area contributed by atoms with Crippen LogP contribution >= 0.6 is 11.6 Å². The van der Waals surface area contributed by atoms with Crippen molar-refractivity contribution >= 4 is 33.2 Å². The first-order valence-electron chi connectivity index (χ1n) is 9.13. The molecular formula is C20H21ClN4O3S. The number of sulfonamides is 1. The number of carbonyl (C=O) groups is 1. The Balaban J connectivity index is 1.77. The number of nitrogens with one attached hydrogen (secondary N) is 1. The number of amides is 1.